The van der Waals surface area contributed by atoms with Crippen LogP contribution in [0.1, 0.15) is 53.0 Å². The Morgan fingerprint density at radius 1 is 0.795 bits per heavy atom. The number of aromatic amines is 2. The molecule has 13 N–H and O–H groups in total. The number of H-pyrrole nitrogens is 2. The number of carbonyl (C=O) groups is 2. The van der Waals surface area contributed by atoms with Crippen LogP contribution < -0.4 is 37.3 Å². The van der Waals surface area contributed by atoms with Crippen LogP contribution in [-0.2, 0) is 24.1 Å². The predicted octanol–water partition coefficient (Wildman–Crippen LogP) is 5.32. The molecule has 0 unspecified atom stereocenters. The molecule has 18 nitrogen and oxygen atoms in total. The van der Waals surface area contributed by atoms with Crippen LogP contribution in [-0.4, -0.2) is 108 Å². The fourth-order valence-corrected chi connectivity index (χ4v) is 9.28. The number of carbonyl (C=O) groups excluding carboxylic acids is 1. The van der Waals surface area contributed by atoms with E-state index in [1.807, 2.05) is 60.8 Å². The van der Waals surface area contributed by atoms with Crippen molar-refractivity contribution in [3.05, 3.63) is 161 Å². The summed E-state index contributed by atoms with van der Waals surface area (Å²) in [7, 11) is 1.60. The van der Waals surface area contributed by atoms with Gasteiger partial charge in [-0.05, 0) is 111 Å². The molecule has 3 heterocycles. The minimum Gasteiger partial charge on any atom is -0.508 e. The number of likely N-dealkylation sites (N-methyl/N-ethyl adjacent to an activating group) is 1. The average molecular weight is 1010 g/mol. The van der Waals surface area contributed by atoms with Crippen molar-refractivity contribution in [2.45, 2.75) is 81.8 Å². The molecule has 0 radical (unpaired) electrons. The van der Waals surface area contributed by atoms with Crippen LogP contribution in [0.3, 0.4) is 0 Å². The van der Waals surface area contributed by atoms with E-state index in [-0.39, 0.29) is 52.5 Å². The molecular formula is C54H59N9O9S. The lowest BCUT2D eigenvalue weighted by molar-refractivity contribution is -0.126. The molecule has 2 aromatic heterocycles. The monoisotopic (exact) mass is 1010 g/mol. The smallest absolute Gasteiger partial charge is 0.336 e. The normalized spacial score (nSPS) is 14.1. The number of rotatable bonds is 24. The second-order valence-electron chi connectivity index (χ2n) is 17.9. The zero-order valence-corrected chi connectivity index (χ0v) is 40.8. The Kier molecular flexibility index (Phi) is 17.3. The molecule has 0 fully saturated rings. The lowest BCUT2D eigenvalue weighted by Gasteiger charge is -2.32. The Morgan fingerprint density at radius 3 is 2.37 bits per heavy atom. The average Bonchev–Trinajstić information content (AvgIpc) is 4.06. The lowest BCUT2D eigenvalue weighted by Crippen LogP contribution is -2.61. The molecule has 0 saturated carbocycles. The number of phenols is 1. The van der Waals surface area contributed by atoms with Gasteiger partial charge in [0.1, 0.15) is 41.6 Å². The number of aliphatic hydroxyl groups excluding tert-OH is 3. The number of unbranched alkanes of at least 4 members (excludes halogenated alkanes) is 2. The van der Waals surface area contributed by atoms with E-state index in [2.05, 4.69) is 46.9 Å². The number of amides is 1. The number of phenolic OH excluding ortho intramolecular Hbond substituents is 1. The Bertz CT molecular complexity index is 3170. The second-order valence-corrected chi connectivity index (χ2v) is 18.3. The van der Waals surface area contributed by atoms with Crippen molar-refractivity contribution in [1.82, 2.24) is 41.5 Å². The van der Waals surface area contributed by atoms with Gasteiger partial charge in [0.2, 0.25) is 5.91 Å². The summed E-state index contributed by atoms with van der Waals surface area (Å²) in [6.45, 7) is 0.484. The number of nitrogens with one attached hydrogen (secondary N) is 8. The highest BCUT2D eigenvalue weighted by molar-refractivity contribution is 7.80. The third-order valence-electron chi connectivity index (χ3n) is 12.7. The number of imidazole rings is 1. The first-order chi connectivity index (χ1) is 35.3. The van der Waals surface area contributed by atoms with Crippen molar-refractivity contribution in [3.8, 4) is 28.2 Å². The number of thiocarbonyl (C=S) groups is 1. The molecule has 0 bridgehead atoms. The Morgan fingerprint density at radius 2 is 1.59 bits per heavy atom. The van der Waals surface area contributed by atoms with Crippen molar-refractivity contribution in [3.63, 3.8) is 0 Å². The van der Waals surface area contributed by atoms with Gasteiger partial charge >= 0.3 is 5.97 Å². The molecule has 0 spiro atoms. The van der Waals surface area contributed by atoms with Gasteiger partial charge in [-0.25, -0.2) is 9.78 Å². The summed E-state index contributed by atoms with van der Waals surface area (Å²) in [5.41, 5.74) is 4.50. The van der Waals surface area contributed by atoms with Gasteiger partial charge in [0.05, 0.1) is 23.7 Å². The molecule has 380 valence electrons. The Balaban J connectivity index is 0.882. The molecular weight excluding hydrogens is 951 g/mol. The summed E-state index contributed by atoms with van der Waals surface area (Å²) < 4.78 is 5.94. The molecule has 73 heavy (non-hydrogen) atoms. The number of para-hydroxylation sites is 1. The van der Waals surface area contributed by atoms with Crippen LogP contribution >= 0.6 is 12.2 Å². The summed E-state index contributed by atoms with van der Waals surface area (Å²) in [5, 5.41) is 74.7. The van der Waals surface area contributed by atoms with Crippen molar-refractivity contribution in [1.29, 1.82) is 0 Å². The molecule has 2 aliphatic rings. The van der Waals surface area contributed by atoms with Gasteiger partial charge < -0.3 is 55.9 Å². The van der Waals surface area contributed by atoms with E-state index >= 15 is 0 Å². The van der Waals surface area contributed by atoms with Crippen LogP contribution in [0.25, 0.3) is 44.3 Å². The fraction of sp³-hybridized carbons (Fsp3) is 0.278. The van der Waals surface area contributed by atoms with Crippen molar-refractivity contribution in [2.75, 3.05) is 18.9 Å². The molecule has 4 aromatic carbocycles. The number of aromatic carboxylic acids is 1. The predicted molar refractivity (Wildman–Crippen MR) is 283 cm³/mol. The number of benzene rings is 5. The molecule has 1 amide bonds. The second kappa shape index (κ2) is 24.3. The minimum atomic E-state index is -1.31. The highest BCUT2D eigenvalue weighted by Gasteiger charge is 2.31. The largest absolute Gasteiger partial charge is 0.508 e. The third kappa shape index (κ3) is 13.3. The summed E-state index contributed by atoms with van der Waals surface area (Å²) >= 11 is 5.57. The van der Waals surface area contributed by atoms with Gasteiger partial charge in [0, 0.05) is 76.8 Å². The quantitative estimate of drug-likeness (QED) is 0.0158. The van der Waals surface area contributed by atoms with Gasteiger partial charge in [0.15, 0.2) is 10.5 Å². The first-order valence-corrected chi connectivity index (χ1v) is 24.5. The van der Waals surface area contributed by atoms with Crippen molar-refractivity contribution < 1.29 is 39.5 Å². The van der Waals surface area contributed by atoms with Crippen LogP contribution in [0.4, 0.5) is 5.69 Å². The number of nitrogens with zero attached hydrogens (tertiary/aromatic N) is 1. The molecule has 1 aliphatic carbocycles. The number of carboxylic acid groups (broad SMARTS) is 1. The van der Waals surface area contributed by atoms with Crippen LogP contribution in [0.2, 0.25) is 0 Å². The summed E-state index contributed by atoms with van der Waals surface area (Å²) in [6.07, 6.45) is 4.78. The van der Waals surface area contributed by atoms with Crippen LogP contribution in [0, 0.1) is 0 Å². The molecule has 6 atom stereocenters. The Hall–Kier alpha value is -7.49. The SMILES string of the molecule is CN[C@@H](O)[C@H](Cc1ncc[nH]1)N[C@H](O)[C@H](Cc1ccccc1)NC(=O)[C@H](Cc1c[nH]c2ccccc12)N[C@H](O)CCCCCNC(=S)Nc1ccc(-c2c3ccc(=O)cc-3oc3cc(O)ccc23)c(C(=O)O)c1. The van der Waals surface area contributed by atoms with E-state index in [4.69, 9.17) is 16.6 Å². The minimum absolute atomic E-state index is 0.0214. The fourth-order valence-electron chi connectivity index (χ4n) is 9.06. The summed E-state index contributed by atoms with van der Waals surface area (Å²) in [6, 6.07) is 28.5. The maximum absolute atomic E-state index is 14.5. The first kappa shape index (κ1) is 51.9. The van der Waals surface area contributed by atoms with E-state index in [1.165, 1.54) is 30.3 Å². The third-order valence-corrected chi connectivity index (χ3v) is 13.0. The molecule has 0 saturated heterocycles. The Labute approximate surface area is 425 Å². The summed E-state index contributed by atoms with van der Waals surface area (Å²) in [4.78, 5) is 50.0. The maximum Gasteiger partial charge on any atom is 0.336 e. The van der Waals surface area contributed by atoms with Gasteiger partial charge in [-0.1, -0.05) is 61.0 Å². The zero-order valence-electron chi connectivity index (χ0n) is 40.0. The number of hydrogen-bond acceptors (Lipinski definition) is 13. The molecule has 19 heteroatoms. The number of aliphatic hydroxyl groups is 3. The number of aromatic nitrogens is 3. The van der Waals surface area contributed by atoms with E-state index in [9.17, 15) is 39.9 Å². The first-order valence-electron chi connectivity index (χ1n) is 24.1. The van der Waals surface area contributed by atoms with Gasteiger partial charge in [-0.15, -0.1) is 0 Å². The van der Waals surface area contributed by atoms with E-state index < -0.39 is 48.7 Å². The van der Waals surface area contributed by atoms with Gasteiger partial charge in [0.25, 0.3) is 0 Å². The number of hydrogen-bond donors (Lipinski definition) is 13. The highest BCUT2D eigenvalue weighted by Crippen LogP contribution is 2.42. The van der Waals surface area contributed by atoms with Crippen LogP contribution in [0.5, 0.6) is 5.75 Å². The molecule has 1 aliphatic heterocycles. The van der Waals surface area contributed by atoms with E-state index in [0.717, 1.165) is 22.0 Å². The summed E-state index contributed by atoms with van der Waals surface area (Å²) in [5.74, 6) is -0.816. The number of aromatic hydroxyl groups is 1. The van der Waals surface area contributed by atoms with E-state index in [0.29, 0.717) is 65.8 Å². The van der Waals surface area contributed by atoms with Gasteiger partial charge in [-0.3, -0.25) is 25.5 Å². The topological polar surface area (TPSA) is 282 Å². The van der Waals surface area contributed by atoms with Crippen LogP contribution in [0.15, 0.2) is 137 Å². The van der Waals surface area contributed by atoms with Crippen molar-refractivity contribution in [2.24, 2.45) is 0 Å². The standard InChI is InChI=1S/C54H59N9O9S/c1-55-50(67)44(29-47-56-22-23-57-47)63-51(68)42(24-31-10-4-2-5-11-31)62-52(69)43(25-32-30-59-41-13-8-7-12-36(32)41)61-48(66)14-6-3-9-21-58-54(73)60-33-15-18-37(40(26-33)53(70)71)49-38-19-16-34(64)27-45(38)72-46-28-35(65)17-20-39(46)49/h2,4-5,7-8,10-13,15-20,22-23,26-28,30,42-44,48,50-51,55,59,61,63-64,66-68H,3,6,9,14,21,24-25,29H2,1H3,(H,56,57)(H,62,69)(H,70,71)(H2,58,60,73)/t42-,43-,44-,48+,50-,51+/m0/s1. The highest BCUT2D eigenvalue weighted by atomic mass is 32.1. The zero-order chi connectivity index (χ0) is 51.4. The number of anilines is 1. The van der Waals surface area contributed by atoms with E-state index in [1.54, 1.807) is 43.7 Å². The van der Waals surface area contributed by atoms with Gasteiger partial charge in [-0.2, -0.15) is 0 Å². The van der Waals surface area contributed by atoms with Crippen molar-refractivity contribution >= 4 is 56.8 Å². The molecule has 6 aromatic rings. The number of carboxylic acids is 1. The molecule has 8 rings (SSSR count). The lowest BCUT2D eigenvalue weighted by atomic mass is 9.90. The number of fused-ring (bicyclic) bond motifs is 3. The maximum atomic E-state index is 14.5.